The average molecular weight is 333 g/mol. The van der Waals surface area contributed by atoms with Gasteiger partial charge in [0.2, 0.25) is 0 Å². The minimum absolute atomic E-state index is 0.257. The fraction of sp³-hybridized carbons (Fsp3) is 0.529. The van der Waals surface area contributed by atoms with Crippen molar-refractivity contribution < 1.29 is 9.53 Å². The molecule has 124 valence electrons. The molecule has 2 aromatic rings. The van der Waals surface area contributed by atoms with Gasteiger partial charge in [-0.25, -0.2) is 9.78 Å². The summed E-state index contributed by atoms with van der Waals surface area (Å²) in [6.07, 6.45) is 0. The molecule has 1 aliphatic rings. The molecule has 0 aliphatic carbocycles. The van der Waals surface area contributed by atoms with Crippen LogP contribution in [0.25, 0.3) is 10.2 Å². The maximum absolute atomic E-state index is 11.8. The van der Waals surface area contributed by atoms with Crippen molar-refractivity contribution in [2.45, 2.75) is 20.4 Å². The molecule has 23 heavy (non-hydrogen) atoms. The lowest BCUT2D eigenvalue weighted by atomic mass is 10.2. The van der Waals surface area contributed by atoms with E-state index in [2.05, 4.69) is 28.9 Å². The third-order valence-corrected chi connectivity index (χ3v) is 5.24. The van der Waals surface area contributed by atoms with Gasteiger partial charge in [0, 0.05) is 38.1 Å². The minimum atomic E-state index is -0.257. The van der Waals surface area contributed by atoms with E-state index in [4.69, 9.17) is 9.72 Å². The molecule has 0 unspecified atom stereocenters. The lowest BCUT2D eigenvalue weighted by Crippen LogP contribution is -2.45. The third kappa shape index (κ3) is 3.88. The van der Waals surface area contributed by atoms with Crippen molar-refractivity contribution in [3.8, 4) is 0 Å². The Balaban J connectivity index is 1.69. The Hall–Kier alpha value is -1.50. The van der Waals surface area contributed by atoms with Crippen LogP contribution >= 0.6 is 11.3 Å². The second kappa shape index (κ2) is 7.38. The molecule has 1 fully saturated rings. The normalized spacial score (nSPS) is 16.8. The quantitative estimate of drug-likeness (QED) is 0.787. The van der Waals surface area contributed by atoms with Crippen LogP contribution in [0.2, 0.25) is 0 Å². The van der Waals surface area contributed by atoms with Crippen molar-refractivity contribution in [1.29, 1.82) is 0 Å². The fourth-order valence-corrected chi connectivity index (χ4v) is 3.78. The standard InChI is InChI=1S/C17H23N3O2S/c1-3-19-7-9-20(10-8-19)12-14-6-5-13-11-15(17(21)22-4-2)23-16(13)18-14/h5-6,11H,3-4,7-10,12H2,1-2H3. The maximum Gasteiger partial charge on any atom is 0.348 e. The van der Waals surface area contributed by atoms with Crippen molar-refractivity contribution in [1.82, 2.24) is 14.8 Å². The van der Waals surface area contributed by atoms with Crippen LogP contribution in [0.4, 0.5) is 0 Å². The zero-order valence-electron chi connectivity index (χ0n) is 13.7. The number of fused-ring (bicyclic) bond motifs is 1. The summed E-state index contributed by atoms with van der Waals surface area (Å²) in [5, 5.41) is 1.01. The van der Waals surface area contributed by atoms with Crippen molar-refractivity contribution in [2.75, 3.05) is 39.3 Å². The molecule has 0 radical (unpaired) electrons. The first-order chi connectivity index (χ1) is 11.2. The van der Waals surface area contributed by atoms with Crippen LogP contribution in [0.5, 0.6) is 0 Å². The van der Waals surface area contributed by atoms with Gasteiger partial charge in [0.15, 0.2) is 0 Å². The third-order valence-electron chi connectivity index (χ3n) is 4.21. The molecule has 0 atom stereocenters. The highest BCUT2D eigenvalue weighted by Gasteiger charge is 2.17. The number of thiophene rings is 1. The van der Waals surface area contributed by atoms with Crippen LogP contribution in [0.3, 0.4) is 0 Å². The lowest BCUT2D eigenvalue weighted by Gasteiger charge is -2.33. The number of esters is 1. The van der Waals surface area contributed by atoms with E-state index in [1.165, 1.54) is 11.3 Å². The van der Waals surface area contributed by atoms with Crippen LogP contribution in [0.15, 0.2) is 18.2 Å². The second-order valence-electron chi connectivity index (χ2n) is 5.74. The fourth-order valence-electron chi connectivity index (χ4n) is 2.84. The summed E-state index contributed by atoms with van der Waals surface area (Å²) < 4.78 is 5.06. The van der Waals surface area contributed by atoms with Gasteiger partial charge in [-0.3, -0.25) is 4.90 Å². The number of aromatic nitrogens is 1. The summed E-state index contributed by atoms with van der Waals surface area (Å²) in [5.74, 6) is -0.257. The number of hydrogen-bond donors (Lipinski definition) is 0. The molecule has 0 saturated carbocycles. The zero-order valence-corrected chi connectivity index (χ0v) is 14.6. The van der Waals surface area contributed by atoms with E-state index in [9.17, 15) is 4.79 Å². The smallest absolute Gasteiger partial charge is 0.348 e. The van der Waals surface area contributed by atoms with Crippen LogP contribution in [0.1, 0.15) is 29.2 Å². The van der Waals surface area contributed by atoms with Gasteiger partial charge < -0.3 is 9.64 Å². The molecule has 0 spiro atoms. The predicted molar refractivity (Wildman–Crippen MR) is 93.0 cm³/mol. The Kier molecular flexibility index (Phi) is 5.25. The van der Waals surface area contributed by atoms with Crippen molar-refractivity contribution in [2.24, 2.45) is 0 Å². The summed E-state index contributed by atoms with van der Waals surface area (Å²) in [4.78, 5) is 23.0. The number of rotatable bonds is 5. The molecular formula is C17H23N3O2S. The molecule has 0 bridgehead atoms. The number of piperazine rings is 1. The van der Waals surface area contributed by atoms with Crippen molar-refractivity contribution in [3.05, 3.63) is 28.8 Å². The van der Waals surface area contributed by atoms with Gasteiger partial charge >= 0.3 is 5.97 Å². The number of hydrogen-bond acceptors (Lipinski definition) is 6. The van der Waals surface area contributed by atoms with Crippen LogP contribution in [-0.4, -0.2) is 60.1 Å². The molecule has 5 nitrogen and oxygen atoms in total. The Morgan fingerprint density at radius 3 is 2.65 bits per heavy atom. The molecule has 3 rings (SSSR count). The van der Waals surface area contributed by atoms with E-state index in [1.54, 1.807) is 0 Å². The molecule has 1 saturated heterocycles. The topological polar surface area (TPSA) is 45.7 Å². The van der Waals surface area contributed by atoms with Gasteiger partial charge in [0.25, 0.3) is 0 Å². The van der Waals surface area contributed by atoms with Gasteiger partial charge in [0.1, 0.15) is 9.71 Å². The second-order valence-corrected chi connectivity index (χ2v) is 6.77. The molecule has 0 N–H and O–H groups in total. The summed E-state index contributed by atoms with van der Waals surface area (Å²) in [6, 6.07) is 5.99. The Labute approximate surface area is 140 Å². The maximum atomic E-state index is 11.8. The number of pyridine rings is 1. The highest BCUT2D eigenvalue weighted by Crippen LogP contribution is 2.25. The molecule has 2 aromatic heterocycles. The first kappa shape index (κ1) is 16.4. The SMILES string of the molecule is CCOC(=O)c1cc2ccc(CN3CCN(CC)CC3)nc2s1. The summed E-state index contributed by atoms with van der Waals surface area (Å²) in [5.41, 5.74) is 1.07. The van der Waals surface area contributed by atoms with Gasteiger partial charge in [-0.15, -0.1) is 11.3 Å². The van der Waals surface area contributed by atoms with Crippen LogP contribution in [0, 0.1) is 0 Å². The van der Waals surface area contributed by atoms with E-state index >= 15 is 0 Å². The number of carbonyl (C=O) groups is 1. The van der Waals surface area contributed by atoms with Crippen LogP contribution in [-0.2, 0) is 11.3 Å². The highest BCUT2D eigenvalue weighted by molar-refractivity contribution is 7.20. The Bertz CT molecular complexity index is 678. The van der Waals surface area contributed by atoms with E-state index in [0.717, 1.165) is 55.2 Å². The number of nitrogens with zero attached hydrogens (tertiary/aromatic N) is 3. The molecule has 3 heterocycles. The summed E-state index contributed by atoms with van der Waals surface area (Å²) >= 11 is 1.41. The van der Waals surface area contributed by atoms with Gasteiger partial charge in [-0.1, -0.05) is 13.0 Å². The van der Waals surface area contributed by atoms with E-state index in [1.807, 2.05) is 13.0 Å². The van der Waals surface area contributed by atoms with Gasteiger partial charge in [-0.05, 0) is 25.6 Å². The van der Waals surface area contributed by atoms with Crippen molar-refractivity contribution in [3.63, 3.8) is 0 Å². The minimum Gasteiger partial charge on any atom is -0.462 e. The molecule has 1 aliphatic heterocycles. The van der Waals surface area contributed by atoms with Crippen molar-refractivity contribution >= 4 is 27.5 Å². The van der Waals surface area contributed by atoms with E-state index < -0.39 is 0 Å². The molecule has 6 heteroatoms. The Morgan fingerprint density at radius 2 is 1.96 bits per heavy atom. The average Bonchev–Trinajstić information content (AvgIpc) is 2.99. The zero-order chi connectivity index (χ0) is 16.2. The Morgan fingerprint density at radius 1 is 1.22 bits per heavy atom. The van der Waals surface area contributed by atoms with Gasteiger partial charge in [-0.2, -0.15) is 0 Å². The van der Waals surface area contributed by atoms with E-state index in [0.29, 0.717) is 11.5 Å². The predicted octanol–water partition coefficient (Wildman–Crippen LogP) is 2.61. The number of likely N-dealkylation sites (N-methyl/N-ethyl adjacent to an activating group) is 1. The largest absolute Gasteiger partial charge is 0.462 e. The van der Waals surface area contributed by atoms with Crippen LogP contribution < -0.4 is 0 Å². The monoisotopic (exact) mass is 333 g/mol. The highest BCUT2D eigenvalue weighted by atomic mass is 32.1. The molecule has 0 amide bonds. The molecular weight excluding hydrogens is 310 g/mol. The number of ether oxygens (including phenoxy) is 1. The van der Waals surface area contributed by atoms with E-state index in [-0.39, 0.29) is 5.97 Å². The molecule has 0 aromatic carbocycles. The first-order valence-electron chi connectivity index (χ1n) is 8.21. The first-order valence-corrected chi connectivity index (χ1v) is 9.02. The summed E-state index contributed by atoms with van der Waals surface area (Å²) in [6.45, 7) is 10.9. The number of carbonyl (C=O) groups excluding carboxylic acids is 1. The van der Waals surface area contributed by atoms with Gasteiger partial charge in [0.05, 0.1) is 12.3 Å². The lowest BCUT2D eigenvalue weighted by molar-refractivity contribution is 0.0532. The summed E-state index contributed by atoms with van der Waals surface area (Å²) in [7, 11) is 0.